The van der Waals surface area contributed by atoms with Crippen LogP contribution in [-0.4, -0.2) is 32.6 Å². The van der Waals surface area contributed by atoms with Crippen molar-refractivity contribution in [2.24, 2.45) is 0 Å². The molecule has 0 radical (unpaired) electrons. The molecule has 0 saturated heterocycles. The first-order valence-electron chi connectivity index (χ1n) is 7.62. The van der Waals surface area contributed by atoms with Gasteiger partial charge in [-0.1, -0.05) is 11.1 Å². The van der Waals surface area contributed by atoms with E-state index in [1.165, 1.54) is 14.2 Å². The Labute approximate surface area is 142 Å². The Morgan fingerprint density at radius 3 is 2.25 bits per heavy atom. The minimum Gasteiger partial charge on any atom is -0.493 e. The molecule has 1 rings (SSSR count). The SMILES string of the molecule is COc1ccc(C(=O)OCCC(C)=CC(=O)C=C(C)C)cc1OC. The number of ketones is 1. The molecule has 0 N–H and O–H groups in total. The van der Waals surface area contributed by atoms with Gasteiger partial charge in [-0.15, -0.1) is 0 Å². The zero-order valence-electron chi connectivity index (χ0n) is 14.8. The fourth-order valence-corrected chi connectivity index (χ4v) is 1.99. The highest BCUT2D eigenvalue weighted by Gasteiger charge is 2.11. The Bertz CT molecular complexity index is 652. The molecular weight excluding hydrogens is 308 g/mol. The van der Waals surface area contributed by atoms with Crippen LogP contribution in [0.15, 0.2) is 41.5 Å². The minimum absolute atomic E-state index is 0.0567. The highest BCUT2D eigenvalue weighted by Crippen LogP contribution is 2.27. The third-order valence-electron chi connectivity index (χ3n) is 3.17. The van der Waals surface area contributed by atoms with Crippen LogP contribution in [-0.2, 0) is 9.53 Å². The fourth-order valence-electron chi connectivity index (χ4n) is 1.99. The molecule has 0 bridgehead atoms. The molecule has 0 unspecified atom stereocenters. The van der Waals surface area contributed by atoms with Gasteiger partial charge in [0.2, 0.25) is 0 Å². The summed E-state index contributed by atoms with van der Waals surface area (Å²) in [5, 5.41) is 0. The standard InChI is InChI=1S/C19H24O5/c1-13(2)10-16(20)11-14(3)8-9-24-19(21)15-6-7-17(22-4)18(12-15)23-5/h6-7,10-12H,8-9H2,1-5H3. The number of hydrogen-bond donors (Lipinski definition) is 0. The van der Waals surface area contributed by atoms with Crippen LogP contribution in [0, 0.1) is 0 Å². The molecule has 0 aliphatic carbocycles. The van der Waals surface area contributed by atoms with Crippen molar-refractivity contribution >= 4 is 11.8 Å². The van der Waals surface area contributed by atoms with Crippen molar-refractivity contribution in [2.45, 2.75) is 27.2 Å². The van der Waals surface area contributed by atoms with Crippen LogP contribution in [0.4, 0.5) is 0 Å². The van der Waals surface area contributed by atoms with Crippen molar-refractivity contribution in [1.29, 1.82) is 0 Å². The van der Waals surface area contributed by atoms with E-state index in [1.807, 2.05) is 20.8 Å². The first-order chi connectivity index (χ1) is 11.4. The topological polar surface area (TPSA) is 61.8 Å². The Balaban J connectivity index is 2.59. The maximum atomic E-state index is 12.0. The molecule has 5 heteroatoms. The summed E-state index contributed by atoms with van der Waals surface area (Å²) >= 11 is 0. The number of esters is 1. The second-order valence-electron chi connectivity index (χ2n) is 5.57. The van der Waals surface area contributed by atoms with Crippen molar-refractivity contribution in [3.05, 3.63) is 47.1 Å². The number of hydrogen-bond acceptors (Lipinski definition) is 5. The van der Waals surface area contributed by atoms with Gasteiger partial charge in [-0.3, -0.25) is 4.79 Å². The number of allylic oxidation sites excluding steroid dienone is 3. The van der Waals surface area contributed by atoms with E-state index in [0.29, 0.717) is 23.5 Å². The molecular formula is C19H24O5. The van der Waals surface area contributed by atoms with Crippen molar-refractivity contribution in [3.8, 4) is 11.5 Å². The third-order valence-corrected chi connectivity index (χ3v) is 3.17. The van der Waals surface area contributed by atoms with E-state index in [-0.39, 0.29) is 12.4 Å². The molecule has 0 atom stereocenters. The van der Waals surface area contributed by atoms with Gasteiger partial charge in [0.1, 0.15) is 0 Å². The minimum atomic E-state index is -0.445. The van der Waals surface area contributed by atoms with Crippen LogP contribution < -0.4 is 9.47 Å². The lowest BCUT2D eigenvalue weighted by molar-refractivity contribution is -0.110. The predicted molar refractivity (Wildman–Crippen MR) is 92.6 cm³/mol. The van der Waals surface area contributed by atoms with Crippen LogP contribution in [0.2, 0.25) is 0 Å². The van der Waals surface area contributed by atoms with Gasteiger partial charge in [-0.25, -0.2) is 4.79 Å². The Kier molecular flexibility index (Phi) is 7.75. The lowest BCUT2D eigenvalue weighted by Gasteiger charge is -2.09. The molecule has 0 fully saturated rings. The zero-order valence-corrected chi connectivity index (χ0v) is 14.8. The van der Waals surface area contributed by atoms with Crippen molar-refractivity contribution in [1.82, 2.24) is 0 Å². The highest BCUT2D eigenvalue weighted by atomic mass is 16.5. The average molecular weight is 332 g/mol. The molecule has 24 heavy (non-hydrogen) atoms. The van der Waals surface area contributed by atoms with E-state index in [0.717, 1.165) is 11.1 Å². The summed E-state index contributed by atoms with van der Waals surface area (Å²) in [4.78, 5) is 23.7. The summed E-state index contributed by atoms with van der Waals surface area (Å²) in [5.74, 6) is 0.513. The van der Waals surface area contributed by atoms with E-state index < -0.39 is 5.97 Å². The summed E-state index contributed by atoms with van der Waals surface area (Å²) in [6.07, 6.45) is 3.62. The first kappa shape index (κ1) is 19.5. The Hall–Kier alpha value is -2.56. The first-order valence-corrected chi connectivity index (χ1v) is 7.62. The van der Waals surface area contributed by atoms with E-state index in [2.05, 4.69) is 0 Å². The molecule has 0 heterocycles. The van der Waals surface area contributed by atoms with Gasteiger partial charge in [-0.2, -0.15) is 0 Å². The number of benzene rings is 1. The molecule has 0 aliphatic heterocycles. The number of methoxy groups -OCH3 is 2. The van der Waals surface area contributed by atoms with E-state index in [9.17, 15) is 9.59 Å². The van der Waals surface area contributed by atoms with E-state index in [4.69, 9.17) is 14.2 Å². The lowest BCUT2D eigenvalue weighted by atomic mass is 10.1. The van der Waals surface area contributed by atoms with Crippen molar-refractivity contribution < 1.29 is 23.8 Å². The van der Waals surface area contributed by atoms with Gasteiger partial charge in [0.15, 0.2) is 17.3 Å². The molecule has 0 saturated carbocycles. The number of ether oxygens (including phenoxy) is 3. The molecule has 0 aromatic heterocycles. The summed E-state index contributed by atoms with van der Waals surface area (Å²) in [7, 11) is 3.03. The van der Waals surface area contributed by atoms with Crippen LogP contribution in [0.3, 0.4) is 0 Å². The largest absolute Gasteiger partial charge is 0.493 e. The fraction of sp³-hybridized carbons (Fsp3) is 0.368. The summed E-state index contributed by atoms with van der Waals surface area (Å²) in [6, 6.07) is 4.84. The second-order valence-corrected chi connectivity index (χ2v) is 5.57. The van der Waals surface area contributed by atoms with Gasteiger partial charge in [-0.05, 0) is 51.1 Å². The lowest BCUT2D eigenvalue weighted by Crippen LogP contribution is -2.07. The molecule has 0 amide bonds. The summed E-state index contributed by atoms with van der Waals surface area (Å²) in [6.45, 7) is 5.77. The number of rotatable bonds is 8. The average Bonchev–Trinajstić information content (AvgIpc) is 2.52. The molecule has 0 spiro atoms. The zero-order chi connectivity index (χ0) is 18.1. The maximum absolute atomic E-state index is 12.0. The van der Waals surface area contributed by atoms with Crippen molar-refractivity contribution in [3.63, 3.8) is 0 Å². The van der Waals surface area contributed by atoms with Crippen LogP contribution in [0.25, 0.3) is 0 Å². The highest BCUT2D eigenvalue weighted by molar-refractivity contribution is 6.00. The number of carbonyl (C=O) groups is 2. The van der Waals surface area contributed by atoms with Gasteiger partial charge in [0.05, 0.1) is 26.4 Å². The maximum Gasteiger partial charge on any atom is 0.338 e. The normalized spacial score (nSPS) is 10.8. The summed E-state index contributed by atoms with van der Waals surface area (Å²) in [5.41, 5.74) is 2.19. The summed E-state index contributed by atoms with van der Waals surface area (Å²) < 4.78 is 15.5. The van der Waals surface area contributed by atoms with Crippen molar-refractivity contribution in [2.75, 3.05) is 20.8 Å². The molecule has 1 aromatic rings. The van der Waals surface area contributed by atoms with E-state index >= 15 is 0 Å². The second kappa shape index (κ2) is 9.55. The molecule has 1 aromatic carbocycles. The van der Waals surface area contributed by atoms with Gasteiger partial charge in [0.25, 0.3) is 0 Å². The quantitative estimate of drug-likeness (QED) is 0.536. The smallest absolute Gasteiger partial charge is 0.338 e. The van der Waals surface area contributed by atoms with Gasteiger partial charge >= 0.3 is 5.97 Å². The van der Waals surface area contributed by atoms with Gasteiger partial charge in [0, 0.05) is 6.42 Å². The third kappa shape index (κ3) is 6.28. The Morgan fingerprint density at radius 2 is 1.67 bits per heavy atom. The molecule has 5 nitrogen and oxygen atoms in total. The Morgan fingerprint density at radius 1 is 1.00 bits per heavy atom. The monoisotopic (exact) mass is 332 g/mol. The van der Waals surface area contributed by atoms with Crippen LogP contribution in [0.1, 0.15) is 37.6 Å². The van der Waals surface area contributed by atoms with Gasteiger partial charge < -0.3 is 14.2 Å². The number of carbonyl (C=O) groups excluding carboxylic acids is 2. The van der Waals surface area contributed by atoms with Crippen LogP contribution >= 0.6 is 0 Å². The predicted octanol–water partition coefficient (Wildman–Crippen LogP) is 3.73. The van der Waals surface area contributed by atoms with Crippen LogP contribution in [0.5, 0.6) is 11.5 Å². The van der Waals surface area contributed by atoms with E-state index in [1.54, 1.807) is 30.4 Å². The molecule has 130 valence electrons. The molecule has 0 aliphatic rings.